The van der Waals surface area contributed by atoms with Crippen molar-refractivity contribution in [1.82, 2.24) is 33.9 Å². The van der Waals surface area contributed by atoms with Gasteiger partial charge in [-0.1, -0.05) is 26.0 Å². The number of carbonyl (C=O) groups excluding carboxylic acids is 1. The standard InChI is InChI=1S/C33H40N8O2/c1-22(2)25-9-10-26(34-18-25)21-41-29-8-6-7-28(32(29)24(4)37-41)36-33(42)30-19-35-31-17-27(11-12-40(30)31)43-16-15-39-14-13-38(5)23(3)20-39/h6-12,17-19,22-23H,13-16,20-21H2,1-5H3,(H,36,42)/t23-/m0/s1. The van der Waals surface area contributed by atoms with E-state index in [0.29, 0.717) is 42.1 Å². The second kappa shape index (κ2) is 12.1. The molecule has 1 aliphatic rings. The van der Waals surface area contributed by atoms with Gasteiger partial charge in [0.25, 0.3) is 5.91 Å². The lowest BCUT2D eigenvalue weighted by Gasteiger charge is -2.37. The number of pyridine rings is 2. The number of aromatic nitrogens is 5. The number of imidazole rings is 1. The molecule has 10 heteroatoms. The first kappa shape index (κ1) is 28.8. The minimum atomic E-state index is -0.240. The van der Waals surface area contributed by atoms with Gasteiger partial charge in [-0.25, -0.2) is 4.98 Å². The van der Waals surface area contributed by atoms with Crippen LogP contribution in [-0.4, -0.2) is 85.7 Å². The molecule has 5 aromatic rings. The van der Waals surface area contributed by atoms with Crippen molar-refractivity contribution in [2.75, 3.05) is 45.2 Å². The van der Waals surface area contributed by atoms with Crippen molar-refractivity contribution in [3.05, 3.63) is 83.7 Å². The molecule has 4 aromatic heterocycles. The number of hydrogen-bond donors (Lipinski definition) is 1. The average Bonchev–Trinajstić information content (AvgIpc) is 3.56. The van der Waals surface area contributed by atoms with Crippen molar-refractivity contribution in [3.63, 3.8) is 0 Å². The Bertz CT molecular complexity index is 1740. The van der Waals surface area contributed by atoms with Crippen LogP contribution in [0.25, 0.3) is 16.6 Å². The lowest BCUT2D eigenvalue weighted by Crippen LogP contribution is -2.50. The van der Waals surface area contributed by atoms with Gasteiger partial charge < -0.3 is 15.0 Å². The molecule has 1 fully saturated rings. The zero-order chi connectivity index (χ0) is 30.1. The molecular formula is C33H40N8O2. The van der Waals surface area contributed by atoms with Crippen LogP contribution in [0, 0.1) is 6.92 Å². The molecule has 0 unspecified atom stereocenters. The smallest absolute Gasteiger partial charge is 0.274 e. The molecule has 0 spiro atoms. The Hall–Kier alpha value is -4.28. The molecule has 1 N–H and O–H groups in total. The molecule has 43 heavy (non-hydrogen) atoms. The zero-order valence-electron chi connectivity index (χ0n) is 25.6. The number of amides is 1. The van der Waals surface area contributed by atoms with Gasteiger partial charge in [0.1, 0.15) is 23.7 Å². The first-order valence-electron chi connectivity index (χ1n) is 15.0. The number of rotatable bonds is 9. The van der Waals surface area contributed by atoms with Gasteiger partial charge in [0.05, 0.1) is 35.3 Å². The van der Waals surface area contributed by atoms with Crippen molar-refractivity contribution < 1.29 is 9.53 Å². The summed E-state index contributed by atoms with van der Waals surface area (Å²) in [6, 6.07) is 14.4. The Morgan fingerprint density at radius 2 is 1.98 bits per heavy atom. The number of fused-ring (bicyclic) bond motifs is 2. The molecule has 0 saturated carbocycles. The van der Waals surface area contributed by atoms with Gasteiger partial charge in [-0.05, 0) is 56.6 Å². The summed E-state index contributed by atoms with van der Waals surface area (Å²) in [6.07, 6.45) is 5.37. The maximum atomic E-state index is 13.5. The second-order valence-corrected chi connectivity index (χ2v) is 11.8. The molecule has 0 bridgehead atoms. The monoisotopic (exact) mass is 580 g/mol. The minimum Gasteiger partial charge on any atom is -0.492 e. The summed E-state index contributed by atoms with van der Waals surface area (Å²) in [6.45, 7) is 13.8. The molecule has 1 aromatic carbocycles. The number of carbonyl (C=O) groups is 1. The number of nitrogens with zero attached hydrogens (tertiary/aromatic N) is 7. The summed E-state index contributed by atoms with van der Waals surface area (Å²) < 4.78 is 9.77. The van der Waals surface area contributed by atoms with Gasteiger partial charge >= 0.3 is 0 Å². The van der Waals surface area contributed by atoms with Crippen LogP contribution in [0.1, 0.15) is 54.1 Å². The largest absolute Gasteiger partial charge is 0.492 e. The highest BCUT2D eigenvalue weighted by molar-refractivity contribution is 6.08. The van der Waals surface area contributed by atoms with Crippen LogP contribution < -0.4 is 10.1 Å². The van der Waals surface area contributed by atoms with Crippen LogP contribution in [0.4, 0.5) is 5.69 Å². The quantitative estimate of drug-likeness (QED) is 0.267. The van der Waals surface area contributed by atoms with Gasteiger partial charge in [-0.15, -0.1) is 0 Å². The van der Waals surface area contributed by atoms with Gasteiger partial charge in [-0.2, -0.15) is 5.10 Å². The number of benzene rings is 1. The van der Waals surface area contributed by atoms with Crippen LogP contribution in [0.15, 0.2) is 61.1 Å². The van der Waals surface area contributed by atoms with E-state index >= 15 is 0 Å². The number of likely N-dealkylation sites (N-methyl/N-ethyl adjacent to an activating group) is 1. The highest BCUT2D eigenvalue weighted by atomic mass is 16.5. The molecule has 0 aliphatic carbocycles. The summed E-state index contributed by atoms with van der Waals surface area (Å²) in [5.41, 5.74) is 5.75. The Kier molecular flexibility index (Phi) is 8.14. The predicted molar refractivity (Wildman–Crippen MR) is 169 cm³/mol. The van der Waals surface area contributed by atoms with Crippen LogP contribution in [0.2, 0.25) is 0 Å². The predicted octanol–water partition coefficient (Wildman–Crippen LogP) is 4.83. The molecule has 1 amide bonds. The molecule has 10 nitrogen and oxygen atoms in total. The van der Waals surface area contributed by atoms with E-state index < -0.39 is 0 Å². The van der Waals surface area contributed by atoms with Gasteiger partial charge in [0.2, 0.25) is 0 Å². The number of piperazine rings is 1. The van der Waals surface area contributed by atoms with Crippen molar-refractivity contribution in [2.24, 2.45) is 0 Å². The van der Waals surface area contributed by atoms with Crippen LogP contribution in [-0.2, 0) is 6.54 Å². The minimum absolute atomic E-state index is 0.240. The number of ether oxygens (including phenoxy) is 1. The van der Waals surface area contributed by atoms with Crippen LogP contribution in [0.5, 0.6) is 5.75 Å². The third-order valence-corrected chi connectivity index (χ3v) is 8.46. The molecule has 224 valence electrons. The van der Waals surface area contributed by atoms with Gasteiger partial charge in [0.15, 0.2) is 0 Å². The molecule has 1 atom stereocenters. The van der Waals surface area contributed by atoms with Gasteiger partial charge in [0, 0.05) is 56.1 Å². The van der Waals surface area contributed by atoms with Crippen LogP contribution >= 0.6 is 0 Å². The SMILES string of the molecule is Cc1nn(Cc2ccc(C(C)C)cn2)c2cccc(NC(=O)c3cnc4cc(OCCN5CCN(C)[C@@H](C)C5)ccn34)c12. The summed E-state index contributed by atoms with van der Waals surface area (Å²) in [7, 11) is 2.18. The lowest BCUT2D eigenvalue weighted by atomic mass is 10.1. The topological polar surface area (TPSA) is 92.8 Å². The number of aryl methyl sites for hydroxylation is 1. The number of hydrogen-bond acceptors (Lipinski definition) is 7. The molecule has 6 rings (SSSR count). The summed E-state index contributed by atoms with van der Waals surface area (Å²) in [5.74, 6) is 0.939. The molecular weight excluding hydrogens is 540 g/mol. The van der Waals surface area contributed by atoms with Crippen molar-refractivity contribution >= 4 is 28.1 Å². The van der Waals surface area contributed by atoms with E-state index in [2.05, 4.69) is 65.0 Å². The zero-order valence-corrected chi connectivity index (χ0v) is 25.6. The van der Waals surface area contributed by atoms with Crippen molar-refractivity contribution in [1.29, 1.82) is 0 Å². The van der Waals surface area contributed by atoms with Crippen LogP contribution in [0.3, 0.4) is 0 Å². The van der Waals surface area contributed by atoms with E-state index in [4.69, 9.17) is 9.84 Å². The second-order valence-electron chi connectivity index (χ2n) is 11.8. The Morgan fingerprint density at radius 1 is 1.12 bits per heavy atom. The van der Waals surface area contributed by atoms with E-state index in [1.54, 1.807) is 10.6 Å². The summed E-state index contributed by atoms with van der Waals surface area (Å²) in [5, 5.41) is 8.79. The normalized spacial score (nSPS) is 16.4. The summed E-state index contributed by atoms with van der Waals surface area (Å²) >= 11 is 0. The fraction of sp³-hybridized carbons (Fsp3) is 0.394. The Labute approximate surface area is 252 Å². The number of nitrogens with one attached hydrogen (secondary N) is 1. The van der Waals surface area contributed by atoms with E-state index in [-0.39, 0.29) is 5.91 Å². The first-order valence-corrected chi connectivity index (χ1v) is 15.0. The molecule has 0 radical (unpaired) electrons. The highest BCUT2D eigenvalue weighted by Crippen LogP contribution is 2.28. The molecule has 1 aliphatic heterocycles. The maximum Gasteiger partial charge on any atom is 0.274 e. The van der Waals surface area contributed by atoms with E-state index in [0.717, 1.165) is 54.2 Å². The number of anilines is 1. The fourth-order valence-corrected chi connectivity index (χ4v) is 5.70. The first-order chi connectivity index (χ1) is 20.8. The summed E-state index contributed by atoms with van der Waals surface area (Å²) in [4.78, 5) is 27.4. The third kappa shape index (κ3) is 6.11. The Morgan fingerprint density at radius 3 is 2.74 bits per heavy atom. The maximum absolute atomic E-state index is 13.5. The van der Waals surface area contributed by atoms with E-state index in [9.17, 15) is 4.79 Å². The lowest BCUT2D eigenvalue weighted by molar-refractivity contribution is 0.0928. The fourth-order valence-electron chi connectivity index (χ4n) is 5.70. The molecule has 1 saturated heterocycles. The highest BCUT2D eigenvalue weighted by Gasteiger charge is 2.21. The van der Waals surface area contributed by atoms with Crippen molar-refractivity contribution in [3.8, 4) is 5.75 Å². The van der Waals surface area contributed by atoms with Gasteiger partial charge in [-0.3, -0.25) is 23.8 Å². The Balaban J connectivity index is 1.14. The average molecular weight is 581 g/mol. The third-order valence-electron chi connectivity index (χ3n) is 8.46. The van der Waals surface area contributed by atoms with E-state index in [1.165, 1.54) is 5.56 Å². The van der Waals surface area contributed by atoms with Crippen molar-refractivity contribution in [2.45, 2.75) is 46.2 Å². The molecule has 5 heterocycles. The van der Waals surface area contributed by atoms with E-state index in [1.807, 2.05) is 54.3 Å².